The Morgan fingerprint density at radius 2 is 1.92 bits per heavy atom. The summed E-state index contributed by atoms with van der Waals surface area (Å²) in [6.07, 6.45) is 1.23. The number of nitriles is 1. The monoisotopic (exact) mass is 372 g/mol. The summed E-state index contributed by atoms with van der Waals surface area (Å²) in [4.78, 5) is 22.2. The van der Waals surface area contributed by atoms with Crippen LogP contribution in [-0.2, 0) is 4.79 Å². The molecule has 2 N–H and O–H groups in total. The Kier molecular flexibility index (Phi) is 6.14. The van der Waals surface area contributed by atoms with Gasteiger partial charge in [0.05, 0.1) is 17.1 Å². The summed E-state index contributed by atoms with van der Waals surface area (Å²) >= 11 is 6.01. The molecule has 132 valence electrons. The number of methoxy groups -OCH3 is 1. The second-order valence-corrected chi connectivity index (χ2v) is 5.33. The van der Waals surface area contributed by atoms with Crippen LogP contribution in [0.3, 0.4) is 0 Å². The van der Waals surface area contributed by atoms with Crippen molar-refractivity contribution in [2.24, 2.45) is 0 Å². The van der Waals surface area contributed by atoms with E-state index in [-0.39, 0.29) is 11.3 Å². The molecule has 0 aliphatic rings. The Labute approximate surface area is 153 Å². The third-order valence-corrected chi connectivity index (χ3v) is 3.53. The van der Waals surface area contributed by atoms with Crippen LogP contribution in [0.2, 0.25) is 5.02 Å². The van der Waals surface area contributed by atoms with E-state index in [1.807, 2.05) is 0 Å². The largest absolute Gasteiger partial charge is 0.495 e. The first-order valence-electron chi connectivity index (χ1n) is 7.20. The Balaban J connectivity index is 2.08. The number of benzene rings is 2. The molecule has 2 rings (SSSR count). The molecule has 0 aliphatic carbocycles. The van der Waals surface area contributed by atoms with E-state index >= 15 is 0 Å². The standard InChI is InChI=1S/C17H13ClN4O4/c1-26-16-7-4-13(8-15(16)18)20-10-11(9-19)17(23)21-12-2-5-14(6-3-12)22(24)25/h2-8,10,20H,1H3,(H,21,23)/b11-10-. The molecule has 0 aliphatic heterocycles. The molecule has 0 spiro atoms. The number of hydrogen-bond donors (Lipinski definition) is 2. The van der Waals surface area contributed by atoms with Gasteiger partial charge in [-0.15, -0.1) is 0 Å². The number of nitrogens with zero attached hydrogens (tertiary/aromatic N) is 2. The number of carbonyl (C=O) groups excluding carboxylic acids is 1. The molecular formula is C17H13ClN4O4. The van der Waals surface area contributed by atoms with Gasteiger partial charge < -0.3 is 15.4 Å². The third kappa shape index (κ3) is 4.72. The van der Waals surface area contributed by atoms with Crippen molar-refractivity contribution < 1.29 is 14.5 Å². The van der Waals surface area contributed by atoms with E-state index in [9.17, 15) is 14.9 Å². The number of non-ortho nitro benzene ring substituents is 1. The highest BCUT2D eigenvalue weighted by atomic mass is 35.5. The van der Waals surface area contributed by atoms with Gasteiger partial charge in [-0.1, -0.05) is 11.6 Å². The maximum Gasteiger partial charge on any atom is 0.269 e. The van der Waals surface area contributed by atoms with E-state index in [0.717, 1.165) is 0 Å². The number of carbonyl (C=O) groups is 1. The number of halogens is 1. The van der Waals surface area contributed by atoms with E-state index < -0.39 is 10.8 Å². The molecule has 0 radical (unpaired) electrons. The van der Waals surface area contributed by atoms with E-state index in [4.69, 9.17) is 21.6 Å². The Hall–Kier alpha value is -3.57. The summed E-state index contributed by atoms with van der Waals surface area (Å²) < 4.78 is 5.04. The zero-order valence-electron chi connectivity index (χ0n) is 13.5. The molecule has 8 nitrogen and oxygen atoms in total. The van der Waals surface area contributed by atoms with Gasteiger partial charge in [0.2, 0.25) is 0 Å². The maximum atomic E-state index is 12.1. The molecule has 2 aromatic rings. The van der Waals surface area contributed by atoms with Gasteiger partial charge in [0.25, 0.3) is 11.6 Å². The summed E-state index contributed by atoms with van der Waals surface area (Å²) in [6.45, 7) is 0. The van der Waals surface area contributed by atoms with Crippen molar-refractivity contribution in [3.05, 3.63) is 69.4 Å². The van der Waals surface area contributed by atoms with Crippen LogP contribution in [0, 0.1) is 21.4 Å². The predicted molar refractivity (Wildman–Crippen MR) is 97.0 cm³/mol. The van der Waals surface area contributed by atoms with Crippen LogP contribution < -0.4 is 15.4 Å². The summed E-state index contributed by atoms with van der Waals surface area (Å²) in [5.41, 5.74) is 0.605. The minimum atomic E-state index is -0.659. The lowest BCUT2D eigenvalue weighted by Crippen LogP contribution is -2.14. The van der Waals surface area contributed by atoms with Crippen molar-refractivity contribution in [2.45, 2.75) is 0 Å². The fourth-order valence-corrected chi connectivity index (χ4v) is 2.18. The Morgan fingerprint density at radius 1 is 1.27 bits per heavy atom. The van der Waals surface area contributed by atoms with Gasteiger partial charge in [-0.25, -0.2) is 0 Å². The van der Waals surface area contributed by atoms with Crippen molar-refractivity contribution in [3.63, 3.8) is 0 Å². The van der Waals surface area contributed by atoms with Gasteiger partial charge in [-0.3, -0.25) is 14.9 Å². The molecule has 0 aromatic heterocycles. The van der Waals surface area contributed by atoms with Crippen LogP contribution in [0.25, 0.3) is 0 Å². The van der Waals surface area contributed by atoms with Crippen LogP contribution in [0.1, 0.15) is 0 Å². The van der Waals surface area contributed by atoms with Gasteiger partial charge in [-0.2, -0.15) is 5.26 Å². The normalized spacial score (nSPS) is 10.6. The summed E-state index contributed by atoms with van der Waals surface area (Å²) in [5.74, 6) is -0.161. The molecular weight excluding hydrogens is 360 g/mol. The quantitative estimate of drug-likeness (QED) is 0.345. The highest BCUT2D eigenvalue weighted by Gasteiger charge is 2.11. The number of amides is 1. The molecule has 0 unspecified atom stereocenters. The summed E-state index contributed by atoms with van der Waals surface area (Å²) in [6, 6.07) is 11.9. The van der Waals surface area contributed by atoms with Gasteiger partial charge in [-0.05, 0) is 30.3 Å². The van der Waals surface area contributed by atoms with Gasteiger partial charge in [0.15, 0.2) is 0 Å². The fraction of sp³-hybridized carbons (Fsp3) is 0.0588. The van der Waals surface area contributed by atoms with Crippen molar-refractivity contribution >= 4 is 34.6 Å². The summed E-state index contributed by atoms with van der Waals surface area (Å²) in [5, 5.41) is 25.4. The molecule has 0 fully saturated rings. The topological polar surface area (TPSA) is 117 Å². The highest BCUT2D eigenvalue weighted by Crippen LogP contribution is 2.27. The molecule has 9 heteroatoms. The number of nitro groups is 1. The number of hydrogen-bond acceptors (Lipinski definition) is 6. The second-order valence-electron chi connectivity index (χ2n) is 4.92. The molecule has 0 saturated heterocycles. The molecule has 0 saturated carbocycles. The second kappa shape index (κ2) is 8.50. The number of ether oxygens (including phenoxy) is 1. The van der Waals surface area contributed by atoms with Crippen molar-refractivity contribution in [3.8, 4) is 11.8 Å². The first kappa shape index (κ1) is 18.8. The zero-order valence-corrected chi connectivity index (χ0v) is 14.3. The lowest BCUT2D eigenvalue weighted by molar-refractivity contribution is -0.384. The van der Waals surface area contributed by atoms with E-state index in [1.54, 1.807) is 24.3 Å². The maximum absolute atomic E-state index is 12.1. The van der Waals surface area contributed by atoms with E-state index in [1.165, 1.54) is 37.6 Å². The van der Waals surface area contributed by atoms with Crippen molar-refractivity contribution in [2.75, 3.05) is 17.7 Å². The third-order valence-electron chi connectivity index (χ3n) is 3.24. The van der Waals surface area contributed by atoms with Crippen LogP contribution >= 0.6 is 11.6 Å². The average Bonchev–Trinajstić information content (AvgIpc) is 2.62. The lowest BCUT2D eigenvalue weighted by Gasteiger charge is -2.07. The number of anilines is 2. The zero-order chi connectivity index (χ0) is 19.1. The van der Waals surface area contributed by atoms with E-state index in [2.05, 4.69) is 10.6 Å². The van der Waals surface area contributed by atoms with E-state index in [0.29, 0.717) is 22.1 Å². The molecule has 26 heavy (non-hydrogen) atoms. The smallest absolute Gasteiger partial charge is 0.269 e. The SMILES string of the molecule is COc1ccc(N/C=C(/C#N)C(=O)Nc2ccc([N+](=O)[O-])cc2)cc1Cl. The minimum absolute atomic E-state index is 0.0999. The van der Waals surface area contributed by atoms with Crippen LogP contribution in [0.5, 0.6) is 5.75 Å². The number of rotatable bonds is 6. The van der Waals surface area contributed by atoms with Crippen LogP contribution in [-0.4, -0.2) is 17.9 Å². The van der Waals surface area contributed by atoms with Crippen molar-refractivity contribution in [1.29, 1.82) is 5.26 Å². The number of nitro benzene ring substituents is 1. The van der Waals surface area contributed by atoms with Crippen molar-refractivity contribution in [1.82, 2.24) is 0 Å². The average molecular weight is 373 g/mol. The summed E-state index contributed by atoms with van der Waals surface area (Å²) in [7, 11) is 1.49. The van der Waals surface area contributed by atoms with Gasteiger partial charge in [0.1, 0.15) is 17.4 Å². The predicted octanol–water partition coefficient (Wildman–Crippen LogP) is 3.71. The molecule has 0 bridgehead atoms. The Bertz CT molecular complexity index is 904. The molecule has 1 amide bonds. The van der Waals surface area contributed by atoms with Gasteiger partial charge >= 0.3 is 0 Å². The number of nitrogens with one attached hydrogen (secondary N) is 2. The Morgan fingerprint density at radius 3 is 2.46 bits per heavy atom. The van der Waals surface area contributed by atoms with Crippen LogP contribution in [0.15, 0.2) is 54.2 Å². The fourth-order valence-electron chi connectivity index (χ4n) is 1.93. The first-order valence-corrected chi connectivity index (χ1v) is 7.58. The minimum Gasteiger partial charge on any atom is -0.495 e. The molecule has 0 atom stereocenters. The highest BCUT2D eigenvalue weighted by molar-refractivity contribution is 6.32. The first-order chi connectivity index (χ1) is 12.4. The molecule has 0 heterocycles. The lowest BCUT2D eigenvalue weighted by atomic mass is 10.2. The van der Waals surface area contributed by atoms with Crippen LogP contribution in [0.4, 0.5) is 17.1 Å². The molecule has 2 aromatic carbocycles. The van der Waals surface area contributed by atoms with Gasteiger partial charge in [0, 0.05) is 29.7 Å².